The maximum absolute atomic E-state index is 5.94. The van der Waals surface area contributed by atoms with Crippen molar-refractivity contribution in [2.24, 2.45) is 0 Å². The Kier molecular flexibility index (Phi) is 4.90. The zero-order chi connectivity index (χ0) is 10.6. The zero-order valence-corrected chi connectivity index (χ0v) is 10.1. The summed E-state index contributed by atoms with van der Waals surface area (Å²) in [4.78, 5) is 2.54. The van der Waals surface area contributed by atoms with E-state index in [1.807, 2.05) is 0 Å². The van der Waals surface area contributed by atoms with Crippen LogP contribution in [0.3, 0.4) is 0 Å². The second-order valence-electron chi connectivity index (χ2n) is 4.68. The Bertz CT molecular complexity index is 150. The van der Waals surface area contributed by atoms with Crippen LogP contribution in [0.2, 0.25) is 0 Å². The van der Waals surface area contributed by atoms with E-state index >= 15 is 0 Å². The Labute approximate surface area is 88.6 Å². The van der Waals surface area contributed by atoms with E-state index in [-0.39, 0.29) is 0 Å². The van der Waals surface area contributed by atoms with Crippen molar-refractivity contribution in [2.75, 3.05) is 13.1 Å². The molecule has 0 amide bonds. The van der Waals surface area contributed by atoms with Crippen molar-refractivity contribution in [1.29, 1.82) is 0 Å². The molecule has 1 heterocycles. The van der Waals surface area contributed by atoms with Gasteiger partial charge in [-0.15, -0.1) is 0 Å². The van der Waals surface area contributed by atoms with E-state index in [9.17, 15) is 0 Å². The van der Waals surface area contributed by atoms with Gasteiger partial charge in [-0.3, -0.25) is 0 Å². The maximum Gasteiger partial charge on any atom is 0.0603 e. The van der Waals surface area contributed by atoms with Crippen LogP contribution >= 0.6 is 0 Å². The van der Waals surface area contributed by atoms with Crippen molar-refractivity contribution in [3.05, 3.63) is 0 Å². The highest BCUT2D eigenvalue weighted by atomic mass is 16.5. The molecule has 0 N–H and O–H groups in total. The van der Waals surface area contributed by atoms with Gasteiger partial charge in [0.15, 0.2) is 0 Å². The summed E-state index contributed by atoms with van der Waals surface area (Å²) < 4.78 is 5.94. The molecule has 1 atom stereocenters. The predicted octanol–water partition coefficient (Wildman–Crippen LogP) is 2.67. The Balaban J connectivity index is 2.22. The molecule has 0 aromatic carbocycles. The Morgan fingerprint density at radius 2 is 1.79 bits per heavy atom. The molecule has 1 unspecified atom stereocenters. The van der Waals surface area contributed by atoms with E-state index in [2.05, 4.69) is 32.6 Å². The molecule has 0 saturated carbocycles. The third-order valence-corrected chi connectivity index (χ3v) is 3.21. The number of piperidine rings is 1. The Morgan fingerprint density at radius 3 is 2.21 bits per heavy atom. The topological polar surface area (TPSA) is 12.5 Å². The SMILES string of the molecule is CCC(C)OC1CCN(C(C)C)CC1. The fraction of sp³-hybridized carbons (Fsp3) is 1.00. The van der Waals surface area contributed by atoms with E-state index in [0.717, 1.165) is 6.42 Å². The molecular weight excluding hydrogens is 174 g/mol. The summed E-state index contributed by atoms with van der Waals surface area (Å²) in [5.41, 5.74) is 0. The molecule has 0 spiro atoms. The third kappa shape index (κ3) is 3.58. The van der Waals surface area contributed by atoms with Gasteiger partial charge in [0.05, 0.1) is 12.2 Å². The average Bonchev–Trinajstić information content (AvgIpc) is 2.18. The van der Waals surface area contributed by atoms with Crippen LogP contribution in [0.1, 0.15) is 47.0 Å². The Hall–Kier alpha value is -0.0800. The molecule has 0 aromatic rings. The summed E-state index contributed by atoms with van der Waals surface area (Å²) in [6.07, 6.45) is 4.50. The van der Waals surface area contributed by atoms with Gasteiger partial charge in [0, 0.05) is 19.1 Å². The lowest BCUT2D eigenvalue weighted by molar-refractivity contribution is -0.0393. The van der Waals surface area contributed by atoms with Crippen molar-refractivity contribution < 1.29 is 4.74 Å². The molecule has 14 heavy (non-hydrogen) atoms. The van der Waals surface area contributed by atoms with Gasteiger partial charge in [-0.2, -0.15) is 0 Å². The fourth-order valence-electron chi connectivity index (χ4n) is 1.95. The lowest BCUT2D eigenvalue weighted by Gasteiger charge is -2.35. The number of ether oxygens (including phenoxy) is 1. The summed E-state index contributed by atoms with van der Waals surface area (Å²) in [5, 5.41) is 0. The standard InChI is InChI=1S/C12H25NO/c1-5-11(4)14-12-6-8-13(9-7-12)10(2)3/h10-12H,5-9H2,1-4H3. The minimum absolute atomic E-state index is 0.436. The highest BCUT2D eigenvalue weighted by Crippen LogP contribution is 2.17. The van der Waals surface area contributed by atoms with Crippen LogP contribution in [0.25, 0.3) is 0 Å². The monoisotopic (exact) mass is 199 g/mol. The van der Waals surface area contributed by atoms with Crippen LogP contribution in [0.5, 0.6) is 0 Å². The summed E-state index contributed by atoms with van der Waals surface area (Å²) in [6.45, 7) is 11.3. The lowest BCUT2D eigenvalue weighted by atomic mass is 10.1. The van der Waals surface area contributed by atoms with Crippen LogP contribution in [0.15, 0.2) is 0 Å². The van der Waals surface area contributed by atoms with Gasteiger partial charge in [-0.05, 0) is 40.0 Å². The number of hydrogen-bond donors (Lipinski definition) is 0. The first-order valence-corrected chi connectivity index (χ1v) is 6.03. The minimum atomic E-state index is 0.436. The minimum Gasteiger partial charge on any atom is -0.375 e. The highest BCUT2D eigenvalue weighted by Gasteiger charge is 2.22. The first-order chi connectivity index (χ1) is 6.63. The molecular formula is C12H25NO. The summed E-state index contributed by atoms with van der Waals surface area (Å²) in [7, 11) is 0. The summed E-state index contributed by atoms with van der Waals surface area (Å²) in [6, 6.07) is 0.694. The van der Waals surface area contributed by atoms with Crippen LogP contribution in [0, 0.1) is 0 Å². The lowest BCUT2D eigenvalue weighted by Crippen LogP contribution is -2.41. The van der Waals surface area contributed by atoms with Gasteiger partial charge in [-0.1, -0.05) is 6.92 Å². The average molecular weight is 199 g/mol. The molecule has 0 aliphatic carbocycles. The van der Waals surface area contributed by atoms with Gasteiger partial charge in [0.25, 0.3) is 0 Å². The zero-order valence-electron chi connectivity index (χ0n) is 10.1. The van der Waals surface area contributed by atoms with Gasteiger partial charge in [0.2, 0.25) is 0 Å². The van der Waals surface area contributed by atoms with Crippen LogP contribution in [-0.2, 0) is 4.74 Å². The van der Waals surface area contributed by atoms with E-state index in [0.29, 0.717) is 18.2 Å². The molecule has 1 rings (SSSR count). The van der Waals surface area contributed by atoms with Crippen molar-refractivity contribution in [3.8, 4) is 0 Å². The number of rotatable bonds is 4. The molecule has 2 heteroatoms. The van der Waals surface area contributed by atoms with Crippen molar-refractivity contribution in [3.63, 3.8) is 0 Å². The molecule has 84 valence electrons. The molecule has 1 saturated heterocycles. The largest absolute Gasteiger partial charge is 0.375 e. The predicted molar refractivity (Wildman–Crippen MR) is 60.6 cm³/mol. The Morgan fingerprint density at radius 1 is 1.21 bits per heavy atom. The first-order valence-electron chi connectivity index (χ1n) is 6.03. The number of hydrogen-bond acceptors (Lipinski definition) is 2. The molecule has 1 aliphatic rings. The summed E-state index contributed by atoms with van der Waals surface area (Å²) in [5.74, 6) is 0. The first kappa shape index (κ1) is 12.0. The summed E-state index contributed by atoms with van der Waals surface area (Å²) >= 11 is 0. The fourth-order valence-corrected chi connectivity index (χ4v) is 1.95. The van der Waals surface area contributed by atoms with Gasteiger partial charge in [-0.25, -0.2) is 0 Å². The van der Waals surface area contributed by atoms with E-state index in [4.69, 9.17) is 4.74 Å². The molecule has 2 nitrogen and oxygen atoms in total. The van der Waals surface area contributed by atoms with Crippen LogP contribution in [0.4, 0.5) is 0 Å². The van der Waals surface area contributed by atoms with Crippen LogP contribution in [-0.4, -0.2) is 36.2 Å². The number of nitrogens with zero attached hydrogens (tertiary/aromatic N) is 1. The van der Waals surface area contributed by atoms with Gasteiger partial charge >= 0.3 is 0 Å². The molecule has 0 aromatic heterocycles. The van der Waals surface area contributed by atoms with E-state index in [1.54, 1.807) is 0 Å². The highest BCUT2D eigenvalue weighted by molar-refractivity contribution is 4.75. The van der Waals surface area contributed by atoms with Gasteiger partial charge < -0.3 is 9.64 Å². The van der Waals surface area contributed by atoms with Crippen molar-refractivity contribution in [1.82, 2.24) is 4.90 Å². The van der Waals surface area contributed by atoms with Gasteiger partial charge in [0.1, 0.15) is 0 Å². The maximum atomic E-state index is 5.94. The van der Waals surface area contributed by atoms with Crippen LogP contribution < -0.4 is 0 Å². The second kappa shape index (κ2) is 5.72. The molecule has 0 bridgehead atoms. The van der Waals surface area contributed by atoms with Crippen molar-refractivity contribution >= 4 is 0 Å². The normalized spacial score (nSPS) is 22.9. The third-order valence-electron chi connectivity index (χ3n) is 3.21. The molecule has 0 radical (unpaired) electrons. The van der Waals surface area contributed by atoms with Crippen molar-refractivity contribution in [2.45, 2.75) is 65.2 Å². The number of likely N-dealkylation sites (tertiary alicyclic amines) is 1. The molecule has 1 fully saturated rings. The smallest absolute Gasteiger partial charge is 0.0603 e. The quantitative estimate of drug-likeness (QED) is 0.690. The van der Waals surface area contributed by atoms with E-state index < -0.39 is 0 Å². The second-order valence-corrected chi connectivity index (χ2v) is 4.68. The van der Waals surface area contributed by atoms with E-state index in [1.165, 1.54) is 25.9 Å². The molecule has 1 aliphatic heterocycles.